The molecule has 1 aromatic heterocycles. The molecular weight excluding hydrogens is 268 g/mol. The molecule has 5 heteroatoms. The third-order valence-corrected chi connectivity index (χ3v) is 3.21. The second-order valence-corrected chi connectivity index (χ2v) is 4.62. The first kappa shape index (κ1) is 13.2. The van der Waals surface area contributed by atoms with Crippen LogP contribution in [-0.2, 0) is 0 Å². The van der Waals surface area contributed by atoms with Crippen LogP contribution in [0.25, 0.3) is 0 Å². The number of nitrogens with zero attached hydrogens (tertiary/aromatic N) is 3. The third kappa shape index (κ3) is 3.07. The maximum absolute atomic E-state index is 4.49. The number of aromatic nitrogens is 2. The molecule has 0 spiro atoms. The Balaban J connectivity index is 2.96. The molecule has 1 unspecified atom stereocenters. The minimum atomic E-state index is 0.459. The fourth-order valence-electron chi connectivity index (χ4n) is 1.33. The lowest BCUT2D eigenvalue weighted by Gasteiger charge is -2.26. The van der Waals surface area contributed by atoms with E-state index in [9.17, 15) is 0 Å². The van der Waals surface area contributed by atoms with Gasteiger partial charge in [0.1, 0.15) is 5.82 Å². The Morgan fingerprint density at radius 1 is 1.50 bits per heavy atom. The number of hydrogen-bond acceptors (Lipinski definition) is 4. The van der Waals surface area contributed by atoms with Gasteiger partial charge < -0.3 is 10.2 Å². The average molecular weight is 287 g/mol. The highest BCUT2D eigenvalue weighted by molar-refractivity contribution is 9.10. The van der Waals surface area contributed by atoms with Crippen molar-refractivity contribution in [2.75, 3.05) is 23.8 Å². The lowest BCUT2D eigenvalue weighted by Crippen LogP contribution is -2.29. The van der Waals surface area contributed by atoms with E-state index in [0.717, 1.165) is 23.3 Å². The molecule has 0 aliphatic rings. The van der Waals surface area contributed by atoms with Crippen molar-refractivity contribution >= 4 is 27.7 Å². The highest BCUT2D eigenvalue weighted by atomic mass is 79.9. The molecule has 4 nitrogen and oxygen atoms in total. The van der Waals surface area contributed by atoms with Crippen LogP contribution in [0.15, 0.2) is 10.7 Å². The first-order valence-electron chi connectivity index (χ1n) is 5.59. The molecule has 0 amide bonds. The van der Waals surface area contributed by atoms with Gasteiger partial charge >= 0.3 is 0 Å². The standard InChI is InChI=1S/C11H19BrN4/c1-5-8(3)16(4)10-9(12)7-14-11(15-10)13-6-2/h7-8H,5-6H2,1-4H3,(H,13,14,15). The summed E-state index contributed by atoms with van der Waals surface area (Å²) in [5.41, 5.74) is 0. The van der Waals surface area contributed by atoms with Gasteiger partial charge in [-0.05, 0) is 36.2 Å². The van der Waals surface area contributed by atoms with E-state index in [1.54, 1.807) is 6.20 Å². The molecule has 1 heterocycles. The summed E-state index contributed by atoms with van der Waals surface area (Å²) >= 11 is 3.49. The molecule has 0 saturated carbocycles. The zero-order chi connectivity index (χ0) is 12.1. The molecule has 0 aromatic carbocycles. The molecule has 16 heavy (non-hydrogen) atoms. The van der Waals surface area contributed by atoms with E-state index in [-0.39, 0.29) is 0 Å². The second kappa shape index (κ2) is 6.03. The first-order chi connectivity index (χ1) is 7.60. The molecule has 0 bridgehead atoms. The summed E-state index contributed by atoms with van der Waals surface area (Å²) < 4.78 is 0.928. The predicted octanol–water partition coefficient (Wildman–Crippen LogP) is 2.91. The molecule has 1 aromatic rings. The summed E-state index contributed by atoms with van der Waals surface area (Å²) in [7, 11) is 2.05. The fraction of sp³-hybridized carbons (Fsp3) is 0.636. The Labute approximate surface area is 106 Å². The molecule has 0 radical (unpaired) electrons. The van der Waals surface area contributed by atoms with Crippen LogP contribution in [0.4, 0.5) is 11.8 Å². The van der Waals surface area contributed by atoms with Crippen molar-refractivity contribution in [2.24, 2.45) is 0 Å². The molecule has 0 aliphatic heterocycles. The Bertz CT molecular complexity index is 343. The van der Waals surface area contributed by atoms with Crippen molar-refractivity contribution in [1.29, 1.82) is 0 Å². The van der Waals surface area contributed by atoms with Crippen molar-refractivity contribution in [3.63, 3.8) is 0 Å². The van der Waals surface area contributed by atoms with E-state index in [1.807, 2.05) is 6.92 Å². The minimum Gasteiger partial charge on any atom is -0.356 e. The third-order valence-electron chi connectivity index (χ3n) is 2.65. The van der Waals surface area contributed by atoms with Crippen LogP contribution >= 0.6 is 15.9 Å². The SMILES string of the molecule is CCNc1ncc(Br)c(N(C)C(C)CC)n1. The normalized spacial score (nSPS) is 12.3. The molecular formula is C11H19BrN4. The average Bonchev–Trinajstić information content (AvgIpc) is 2.30. The molecule has 1 atom stereocenters. The smallest absolute Gasteiger partial charge is 0.224 e. The van der Waals surface area contributed by atoms with Gasteiger partial charge in [-0.25, -0.2) is 4.98 Å². The lowest BCUT2D eigenvalue weighted by atomic mass is 10.2. The van der Waals surface area contributed by atoms with E-state index >= 15 is 0 Å². The topological polar surface area (TPSA) is 41.1 Å². The summed E-state index contributed by atoms with van der Waals surface area (Å²) in [6.07, 6.45) is 2.88. The van der Waals surface area contributed by atoms with Crippen LogP contribution in [0, 0.1) is 0 Å². The first-order valence-corrected chi connectivity index (χ1v) is 6.38. The summed E-state index contributed by atoms with van der Waals surface area (Å²) in [5.74, 6) is 1.61. The van der Waals surface area contributed by atoms with Crippen molar-refractivity contribution in [2.45, 2.75) is 33.2 Å². The number of hydrogen-bond donors (Lipinski definition) is 1. The van der Waals surface area contributed by atoms with Crippen molar-refractivity contribution in [3.05, 3.63) is 10.7 Å². The maximum atomic E-state index is 4.49. The summed E-state index contributed by atoms with van der Waals surface area (Å²) in [6, 6.07) is 0.459. The second-order valence-electron chi connectivity index (χ2n) is 3.76. The quantitative estimate of drug-likeness (QED) is 0.904. The van der Waals surface area contributed by atoms with E-state index in [4.69, 9.17) is 0 Å². The van der Waals surface area contributed by atoms with Gasteiger partial charge in [-0.15, -0.1) is 0 Å². The molecule has 0 saturated heterocycles. The van der Waals surface area contributed by atoms with E-state index < -0.39 is 0 Å². The van der Waals surface area contributed by atoms with Gasteiger partial charge in [0.15, 0.2) is 0 Å². The Kier molecular flexibility index (Phi) is 4.99. The van der Waals surface area contributed by atoms with Gasteiger partial charge in [0.25, 0.3) is 0 Å². The number of halogens is 1. The number of rotatable bonds is 5. The van der Waals surface area contributed by atoms with Gasteiger partial charge in [0.05, 0.1) is 4.47 Å². The highest BCUT2D eigenvalue weighted by Crippen LogP contribution is 2.25. The van der Waals surface area contributed by atoms with E-state index in [2.05, 4.69) is 57.0 Å². The molecule has 0 aliphatic carbocycles. The zero-order valence-electron chi connectivity index (χ0n) is 10.3. The van der Waals surface area contributed by atoms with Crippen LogP contribution in [-0.4, -0.2) is 29.6 Å². The summed E-state index contributed by atoms with van der Waals surface area (Å²) in [6.45, 7) is 7.21. The lowest BCUT2D eigenvalue weighted by molar-refractivity contribution is 0.655. The summed E-state index contributed by atoms with van der Waals surface area (Å²) in [5, 5.41) is 3.12. The highest BCUT2D eigenvalue weighted by Gasteiger charge is 2.13. The summed E-state index contributed by atoms with van der Waals surface area (Å²) in [4.78, 5) is 10.8. The van der Waals surface area contributed by atoms with E-state index in [0.29, 0.717) is 12.0 Å². The van der Waals surface area contributed by atoms with Crippen LogP contribution < -0.4 is 10.2 Å². The van der Waals surface area contributed by atoms with Crippen LogP contribution in [0.3, 0.4) is 0 Å². The van der Waals surface area contributed by atoms with Crippen LogP contribution in [0.1, 0.15) is 27.2 Å². The number of anilines is 2. The van der Waals surface area contributed by atoms with Crippen molar-refractivity contribution in [1.82, 2.24) is 9.97 Å². The number of nitrogens with one attached hydrogen (secondary N) is 1. The molecule has 1 N–H and O–H groups in total. The van der Waals surface area contributed by atoms with Crippen LogP contribution in [0.5, 0.6) is 0 Å². The minimum absolute atomic E-state index is 0.459. The largest absolute Gasteiger partial charge is 0.356 e. The van der Waals surface area contributed by atoms with Crippen LogP contribution in [0.2, 0.25) is 0 Å². The molecule has 90 valence electrons. The fourth-order valence-corrected chi connectivity index (χ4v) is 1.80. The van der Waals surface area contributed by atoms with Gasteiger partial charge in [-0.3, -0.25) is 0 Å². The van der Waals surface area contributed by atoms with Crippen molar-refractivity contribution in [3.8, 4) is 0 Å². The Morgan fingerprint density at radius 3 is 2.75 bits per heavy atom. The van der Waals surface area contributed by atoms with Gasteiger partial charge in [0.2, 0.25) is 5.95 Å². The Hall–Kier alpha value is -0.840. The van der Waals surface area contributed by atoms with E-state index in [1.165, 1.54) is 0 Å². The molecule has 0 fully saturated rings. The molecule has 1 rings (SSSR count). The van der Waals surface area contributed by atoms with Gasteiger partial charge in [0, 0.05) is 25.8 Å². The Morgan fingerprint density at radius 2 is 2.19 bits per heavy atom. The van der Waals surface area contributed by atoms with Gasteiger partial charge in [-0.1, -0.05) is 6.92 Å². The predicted molar refractivity (Wildman–Crippen MR) is 72.1 cm³/mol. The maximum Gasteiger partial charge on any atom is 0.224 e. The van der Waals surface area contributed by atoms with Gasteiger partial charge in [-0.2, -0.15) is 4.98 Å². The zero-order valence-corrected chi connectivity index (χ0v) is 11.9. The van der Waals surface area contributed by atoms with Crippen molar-refractivity contribution < 1.29 is 0 Å². The monoisotopic (exact) mass is 286 g/mol.